The van der Waals surface area contributed by atoms with Gasteiger partial charge >= 0.3 is 0 Å². The molecule has 1 N–H and O–H groups in total. The number of aromatic nitrogens is 1. The van der Waals surface area contributed by atoms with E-state index in [0.29, 0.717) is 12.3 Å². The van der Waals surface area contributed by atoms with E-state index in [1.165, 1.54) is 0 Å². The highest BCUT2D eigenvalue weighted by Crippen LogP contribution is 2.31. The largest absolute Gasteiger partial charge is 0.493 e. The number of fused-ring (bicyclic) bond motifs is 1. The van der Waals surface area contributed by atoms with Gasteiger partial charge in [0.05, 0.1) is 17.2 Å². The average Bonchev–Trinajstić information content (AvgIpc) is 3.43. The fourth-order valence-electron chi connectivity index (χ4n) is 3.41. The van der Waals surface area contributed by atoms with Crippen LogP contribution in [-0.2, 0) is 16.4 Å². The van der Waals surface area contributed by atoms with Crippen LogP contribution in [0.1, 0.15) is 5.56 Å². The first-order valence-corrected chi connectivity index (χ1v) is 11.8. The number of benzene rings is 3. The molecule has 0 bridgehead atoms. The van der Waals surface area contributed by atoms with Crippen molar-refractivity contribution in [1.29, 1.82) is 0 Å². The first-order chi connectivity index (χ1) is 14.6. The molecule has 30 heavy (non-hydrogen) atoms. The van der Waals surface area contributed by atoms with Crippen LogP contribution in [0, 0.1) is 0 Å². The summed E-state index contributed by atoms with van der Waals surface area (Å²) in [5, 5.41) is 2.91. The van der Waals surface area contributed by atoms with Gasteiger partial charge in [-0.05, 0) is 35.9 Å². The quantitative estimate of drug-likeness (QED) is 0.468. The molecule has 0 saturated carbocycles. The van der Waals surface area contributed by atoms with Gasteiger partial charge < -0.3 is 4.74 Å². The molecule has 4 aromatic rings. The van der Waals surface area contributed by atoms with Crippen molar-refractivity contribution < 1.29 is 13.2 Å². The van der Waals surface area contributed by atoms with Gasteiger partial charge in [0, 0.05) is 28.6 Å². The molecule has 0 aliphatic carbocycles. The van der Waals surface area contributed by atoms with Crippen LogP contribution in [0.3, 0.4) is 0 Å². The molecule has 0 radical (unpaired) electrons. The van der Waals surface area contributed by atoms with E-state index in [1.54, 1.807) is 41.7 Å². The Bertz CT molecular complexity index is 1320. The number of nitrogens with zero attached hydrogens (tertiary/aromatic N) is 1. The normalized spacial score (nSPS) is 12.9. The van der Waals surface area contributed by atoms with Crippen molar-refractivity contribution in [2.75, 3.05) is 11.3 Å². The van der Waals surface area contributed by atoms with Crippen LogP contribution in [0.25, 0.3) is 21.8 Å². The van der Waals surface area contributed by atoms with Gasteiger partial charge in [-0.2, -0.15) is 0 Å². The minimum Gasteiger partial charge on any atom is -0.493 e. The van der Waals surface area contributed by atoms with Gasteiger partial charge in [0.2, 0.25) is 0 Å². The zero-order valence-electron chi connectivity index (χ0n) is 15.9. The smallest absolute Gasteiger partial charge is 0.261 e. The van der Waals surface area contributed by atoms with Crippen molar-refractivity contribution >= 4 is 27.0 Å². The molecular formula is C23H18N2O3S2. The molecule has 0 fully saturated rings. The molecule has 1 aliphatic rings. The Balaban J connectivity index is 1.41. The Kier molecular flexibility index (Phi) is 4.77. The standard InChI is InChI=1S/C23H18N2O3S2/c26-30(27,20-9-10-22-18(14-20)11-12-28-22)25-19-8-4-7-17(13-19)21-15-29-23(24-21)16-5-2-1-3-6-16/h1-10,13-15,25H,11-12H2. The van der Waals surface area contributed by atoms with Crippen molar-refractivity contribution in [3.05, 3.63) is 83.7 Å². The number of rotatable bonds is 5. The Morgan fingerprint density at radius 3 is 2.63 bits per heavy atom. The highest BCUT2D eigenvalue weighted by molar-refractivity contribution is 7.92. The Labute approximate surface area is 179 Å². The highest BCUT2D eigenvalue weighted by atomic mass is 32.2. The maximum Gasteiger partial charge on any atom is 0.261 e. The lowest BCUT2D eigenvalue weighted by Crippen LogP contribution is -2.13. The summed E-state index contributed by atoms with van der Waals surface area (Å²) in [6, 6.07) is 22.2. The molecule has 1 aromatic heterocycles. The summed E-state index contributed by atoms with van der Waals surface area (Å²) in [7, 11) is -3.69. The number of hydrogen-bond donors (Lipinski definition) is 1. The minimum absolute atomic E-state index is 0.233. The van der Waals surface area contributed by atoms with Crippen molar-refractivity contribution in [3.8, 4) is 27.6 Å². The van der Waals surface area contributed by atoms with Crippen LogP contribution in [-0.4, -0.2) is 20.0 Å². The average molecular weight is 435 g/mol. The van der Waals surface area contributed by atoms with Gasteiger partial charge in [-0.3, -0.25) is 4.72 Å². The number of anilines is 1. The summed E-state index contributed by atoms with van der Waals surface area (Å²) >= 11 is 1.56. The van der Waals surface area contributed by atoms with E-state index in [1.807, 2.05) is 47.8 Å². The first kappa shape index (κ1) is 18.8. The van der Waals surface area contributed by atoms with E-state index in [9.17, 15) is 8.42 Å². The summed E-state index contributed by atoms with van der Waals surface area (Å²) in [5.41, 5.74) is 4.15. The van der Waals surface area contributed by atoms with Crippen molar-refractivity contribution in [3.63, 3.8) is 0 Å². The summed E-state index contributed by atoms with van der Waals surface area (Å²) < 4.78 is 33.9. The van der Waals surface area contributed by atoms with E-state index in [0.717, 1.165) is 39.6 Å². The van der Waals surface area contributed by atoms with Gasteiger partial charge in [-0.15, -0.1) is 11.3 Å². The molecule has 5 rings (SSSR count). The van der Waals surface area contributed by atoms with Gasteiger partial charge in [-0.1, -0.05) is 42.5 Å². The molecule has 0 spiro atoms. The van der Waals surface area contributed by atoms with Gasteiger partial charge in [0.25, 0.3) is 10.0 Å². The first-order valence-electron chi connectivity index (χ1n) is 9.48. The Hall–Kier alpha value is -3.16. The second-order valence-corrected chi connectivity index (χ2v) is 9.50. The maximum atomic E-state index is 12.9. The van der Waals surface area contributed by atoms with E-state index in [2.05, 4.69) is 4.72 Å². The van der Waals surface area contributed by atoms with Gasteiger partial charge in [-0.25, -0.2) is 13.4 Å². The summed E-state index contributed by atoms with van der Waals surface area (Å²) in [6.07, 6.45) is 0.724. The zero-order valence-corrected chi connectivity index (χ0v) is 17.5. The van der Waals surface area contributed by atoms with Crippen LogP contribution < -0.4 is 9.46 Å². The Morgan fingerprint density at radius 2 is 1.77 bits per heavy atom. The SMILES string of the molecule is O=S(=O)(Nc1cccc(-c2csc(-c3ccccc3)n2)c1)c1ccc2c(c1)CCO2. The van der Waals surface area contributed by atoms with E-state index < -0.39 is 10.0 Å². The molecule has 0 saturated heterocycles. The molecule has 1 aliphatic heterocycles. The third kappa shape index (κ3) is 3.69. The number of hydrogen-bond acceptors (Lipinski definition) is 5. The molecule has 0 amide bonds. The molecule has 7 heteroatoms. The molecular weight excluding hydrogens is 416 g/mol. The van der Waals surface area contributed by atoms with Crippen LogP contribution >= 0.6 is 11.3 Å². The fourth-order valence-corrected chi connectivity index (χ4v) is 5.34. The zero-order chi connectivity index (χ0) is 20.6. The maximum absolute atomic E-state index is 12.9. The predicted octanol–water partition coefficient (Wildman–Crippen LogP) is 5.21. The van der Waals surface area contributed by atoms with Crippen LogP contribution in [0.2, 0.25) is 0 Å². The van der Waals surface area contributed by atoms with Crippen molar-refractivity contribution in [2.24, 2.45) is 0 Å². The third-order valence-electron chi connectivity index (χ3n) is 4.91. The van der Waals surface area contributed by atoms with Crippen LogP contribution in [0.15, 0.2) is 83.1 Å². The summed E-state index contributed by atoms with van der Waals surface area (Å²) in [4.78, 5) is 4.95. The van der Waals surface area contributed by atoms with E-state index in [4.69, 9.17) is 9.72 Å². The third-order valence-corrected chi connectivity index (χ3v) is 7.18. The molecule has 2 heterocycles. The lowest BCUT2D eigenvalue weighted by molar-refractivity contribution is 0.356. The van der Waals surface area contributed by atoms with Crippen molar-refractivity contribution in [2.45, 2.75) is 11.3 Å². The summed E-state index contributed by atoms with van der Waals surface area (Å²) in [5.74, 6) is 0.758. The lowest BCUT2D eigenvalue weighted by atomic mass is 10.1. The molecule has 0 unspecified atom stereocenters. The second kappa shape index (κ2) is 7.59. The number of sulfonamides is 1. The van der Waals surface area contributed by atoms with E-state index >= 15 is 0 Å². The number of thiazole rings is 1. The van der Waals surface area contributed by atoms with E-state index in [-0.39, 0.29) is 4.90 Å². The van der Waals surface area contributed by atoms with Crippen LogP contribution in [0.4, 0.5) is 5.69 Å². The highest BCUT2D eigenvalue weighted by Gasteiger charge is 2.19. The van der Waals surface area contributed by atoms with Crippen LogP contribution in [0.5, 0.6) is 5.75 Å². The number of ether oxygens (including phenoxy) is 1. The van der Waals surface area contributed by atoms with Crippen molar-refractivity contribution in [1.82, 2.24) is 4.98 Å². The predicted molar refractivity (Wildman–Crippen MR) is 119 cm³/mol. The summed E-state index contributed by atoms with van der Waals surface area (Å²) in [6.45, 7) is 0.590. The fraction of sp³-hybridized carbons (Fsp3) is 0.0870. The van der Waals surface area contributed by atoms with Gasteiger partial charge in [0.15, 0.2) is 0 Å². The van der Waals surface area contributed by atoms with Gasteiger partial charge in [0.1, 0.15) is 10.8 Å². The second-order valence-electron chi connectivity index (χ2n) is 6.96. The molecule has 5 nitrogen and oxygen atoms in total. The molecule has 3 aromatic carbocycles. The minimum atomic E-state index is -3.69. The molecule has 0 atom stereocenters. The monoisotopic (exact) mass is 434 g/mol. The Morgan fingerprint density at radius 1 is 0.933 bits per heavy atom. The topological polar surface area (TPSA) is 68.3 Å². The molecule has 150 valence electrons. The number of nitrogens with one attached hydrogen (secondary N) is 1. The lowest BCUT2D eigenvalue weighted by Gasteiger charge is -2.10.